The molecule has 0 bridgehead atoms. The number of hydrogen-bond donors (Lipinski definition) is 1. The van der Waals surface area contributed by atoms with Crippen LogP contribution in [0.4, 0.5) is 0 Å². The van der Waals surface area contributed by atoms with E-state index >= 15 is 0 Å². The minimum atomic E-state index is -0.886. The van der Waals surface area contributed by atoms with E-state index in [2.05, 4.69) is 0 Å². The molecule has 0 radical (unpaired) electrons. The number of aliphatic hydroxyl groups is 1. The number of rotatable bonds is 3. The van der Waals surface area contributed by atoms with Crippen molar-refractivity contribution in [3.8, 4) is 0 Å². The van der Waals surface area contributed by atoms with E-state index in [9.17, 15) is 5.11 Å². The van der Waals surface area contributed by atoms with Crippen molar-refractivity contribution >= 4 is 23.2 Å². The molecule has 56 valence electrons. The lowest BCUT2D eigenvalue weighted by atomic mass is 10.0. The van der Waals surface area contributed by atoms with Crippen molar-refractivity contribution in [2.75, 3.05) is 0 Å². The second-order valence-electron chi connectivity index (χ2n) is 2.11. The van der Waals surface area contributed by atoms with E-state index in [1.165, 1.54) is 0 Å². The van der Waals surface area contributed by atoms with Crippen LogP contribution in [0.5, 0.6) is 0 Å². The Balaban J connectivity index is 3.92. The van der Waals surface area contributed by atoms with Crippen molar-refractivity contribution in [2.24, 2.45) is 0 Å². The maximum absolute atomic E-state index is 9.44. The van der Waals surface area contributed by atoms with Gasteiger partial charge in [0.1, 0.15) is 4.84 Å². The molecular weight excluding hydrogens is 159 g/mol. The van der Waals surface area contributed by atoms with Gasteiger partial charge in [-0.25, -0.2) is 0 Å². The summed E-state index contributed by atoms with van der Waals surface area (Å²) in [6.45, 7) is 3.72. The summed E-state index contributed by atoms with van der Waals surface area (Å²) in [5.41, 5.74) is -0.886. The van der Waals surface area contributed by atoms with Gasteiger partial charge in [0.15, 0.2) is 0 Å². The van der Waals surface area contributed by atoms with Crippen LogP contribution in [0.25, 0.3) is 0 Å². The molecule has 0 spiro atoms. The summed E-state index contributed by atoms with van der Waals surface area (Å²) in [5, 5.41) is 9.44. The highest BCUT2D eigenvalue weighted by Gasteiger charge is 2.29. The van der Waals surface area contributed by atoms with Crippen molar-refractivity contribution in [3.05, 3.63) is 0 Å². The first kappa shape index (κ1) is 9.54. The molecule has 0 aliphatic heterocycles. The molecule has 0 aliphatic carbocycles. The SMILES string of the molecule is CCC(O)(CC)C(Cl)Cl. The van der Waals surface area contributed by atoms with Gasteiger partial charge in [-0.1, -0.05) is 13.8 Å². The Kier molecular flexibility index (Phi) is 3.86. The molecule has 0 atom stereocenters. The molecule has 1 nitrogen and oxygen atoms in total. The molecule has 0 saturated heterocycles. The lowest BCUT2D eigenvalue weighted by Gasteiger charge is -2.25. The maximum Gasteiger partial charge on any atom is 0.136 e. The fourth-order valence-electron chi connectivity index (χ4n) is 0.559. The highest BCUT2D eigenvalue weighted by Crippen LogP contribution is 2.26. The van der Waals surface area contributed by atoms with Gasteiger partial charge in [-0.05, 0) is 12.8 Å². The summed E-state index contributed by atoms with van der Waals surface area (Å²) in [7, 11) is 0. The Labute approximate surface area is 66.0 Å². The summed E-state index contributed by atoms with van der Waals surface area (Å²) < 4.78 is 0. The third-order valence-electron chi connectivity index (χ3n) is 1.63. The lowest BCUT2D eigenvalue weighted by molar-refractivity contribution is 0.0461. The predicted molar refractivity (Wildman–Crippen MR) is 41.0 cm³/mol. The molecular formula is C6H12Cl2O. The topological polar surface area (TPSA) is 20.2 Å². The first-order valence-electron chi connectivity index (χ1n) is 3.07. The molecule has 1 N–H and O–H groups in total. The second kappa shape index (κ2) is 3.65. The van der Waals surface area contributed by atoms with Crippen molar-refractivity contribution in [1.82, 2.24) is 0 Å². The van der Waals surface area contributed by atoms with Crippen LogP contribution in [-0.4, -0.2) is 15.5 Å². The maximum atomic E-state index is 9.44. The van der Waals surface area contributed by atoms with Crippen LogP contribution < -0.4 is 0 Å². The van der Waals surface area contributed by atoms with Gasteiger partial charge in [0, 0.05) is 0 Å². The molecule has 0 saturated carbocycles. The normalized spacial score (nSPS) is 12.7. The van der Waals surface area contributed by atoms with E-state index in [-0.39, 0.29) is 0 Å². The molecule has 0 aromatic carbocycles. The van der Waals surface area contributed by atoms with Gasteiger partial charge in [0.25, 0.3) is 0 Å². The lowest BCUT2D eigenvalue weighted by Crippen LogP contribution is -2.34. The Bertz CT molecular complexity index is 79.1. The Morgan fingerprint density at radius 3 is 1.67 bits per heavy atom. The van der Waals surface area contributed by atoms with Crippen LogP contribution >= 0.6 is 23.2 Å². The van der Waals surface area contributed by atoms with Gasteiger partial charge < -0.3 is 5.11 Å². The molecule has 0 aromatic rings. The van der Waals surface area contributed by atoms with E-state index in [0.29, 0.717) is 12.8 Å². The molecule has 0 aliphatic rings. The molecule has 9 heavy (non-hydrogen) atoms. The largest absolute Gasteiger partial charge is 0.387 e. The molecule has 0 fully saturated rings. The van der Waals surface area contributed by atoms with E-state index in [1.807, 2.05) is 13.8 Å². The summed E-state index contributed by atoms with van der Waals surface area (Å²) in [5.74, 6) is 0. The number of hydrogen-bond acceptors (Lipinski definition) is 1. The van der Waals surface area contributed by atoms with Gasteiger partial charge in [-0.15, -0.1) is 23.2 Å². The summed E-state index contributed by atoms with van der Waals surface area (Å²) in [6.07, 6.45) is 1.20. The van der Waals surface area contributed by atoms with Crippen LogP contribution in [0.1, 0.15) is 26.7 Å². The quantitative estimate of drug-likeness (QED) is 0.646. The van der Waals surface area contributed by atoms with Gasteiger partial charge in [0.05, 0.1) is 5.60 Å². The zero-order valence-corrected chi connectivity index (χ0v) is 7.21. The van der Waals surface area contributed by atoms with Crippen molar-refractivity contribution in [3.63, 3.8) is 0 Å². The minimum Gasteiger partial charge on any atom is -0.387 e. The molecule has 0 aromatic heterocycles. The van der Waals surface area contributed by atoms with E-state index < -0.39 is 10.4 Å². The highest BCUT2D eigenvalue weighted by atomic mass is 35.5. The van der Waals surface area contributed by atoms with Crippen LogP contribution in [-0.2, 0) is 0 Å². The molecule has 0 heterocycles. The Hall–Kier alpha value is 0.540. The predicted octanol–water partition coefficient (Wildman–Crippen LogP) is 2.34. The zero-order chi connectivity index (χ0) is 7.49. The minimum absolute atomic E-state index is 0.598. The fraction of sp³-hybridized carbons (Fsp3) is 1.00. The van der Waals surface area contributed by atoms with Crippen LogP contribution in [0.15, 0.2) is 0 Å². The van der Waals surface area contributed by atoms with E-state index in [4.69, 9.17) is 23.2 Å². The van der Waals surface area contributed by atoms with Crippen LogP contribution in [0.2, 0.25) is 0 Å². The fourth-order valence-corrected chi connectivity index (χ4v) is 1.18. The van der Waals surface area contributed by atoms with Gasteiger partial charge >= 0.3 is 0 Å². The van der Waals surface area contributed by atoms with Gasteiger partial charge in [-0.2, -0.15) is 0 Å². The number of alkyl halides is 2. The standard InChI is InChI=1S/C6H12Cl2O/c1-3-6(9,4-2)5(7)8/h5,9H,3-4H2,1-2H3. The molecule has 3 heteroatoms. The van der Waals surface area contributed by atoms with Gasteiger partial charge in [0.2, 0.25) is 0 Å². The first-order valence-corrected chi connectivity index (χ1v) is 3.94. The van der Waals surface area contributed by atoms with E-state index in [1.54, 1.807) is 0 Å². The third kappa shape index (κ3) is 2.32. The van der Waals surface area contributed by atoms with Crippen molar-refractivity contribution in [1.29, 1.82) is 0 Å². The van der Waals surface area contributed by atoms with E-state index in [0.717, 1.165) is 0 Å². The van der Waals surface area contributed by atoms with Gasteiger partial charge in [-0.3, -0.25) is 0 Å². The van der Waals surface area contributed by atoms with Crippen molar-refractivity contribution in [2.45, 2.75) is 37.1 Å². The molecule has 0 amide bonds. The summed E-state index contributed by atoms with van der Waals surface area (Å²) in [4.78, 5) is -0.674. The zero-order valence-electron chi connectivity index (χ0n) is 5.69. The average molecular weight is 171 g/mol. The van der Waals surface area contributed by atoms with Crippen LogP contribution in [0.3, 0.4) is 0 Å². The Morgan fingerprint density at radius 1 is 1.33 bits per heavy atom. The second-order valence-corrected chi connectivity index (χ2v) is 3.21. The summed E-state index contributed by atoms with van der Waals surface area (Å²) >= 11 is 11.0. The first-order chi connectivity index (χ1) is 4.06. The Morgan fingerprint density at radius 2 is 1.67 bits per heavy atom. The average Bonchev–Trinajstić information content (AvgIpc) is 1.86. The van der Waals surface area contributed by atoms with Crippen LogP contribution in [0, 0.1) is 0 Å². The smallest absolute Gasteiger partial charge is 0.136 e. The summed E-state index contributed by atoms with van der Waals surface area (Å²) in [6, 6.07) is 0. The molecule has 0 rings (SSSR count). The monoisotopic (exact) mass is 170 g/mol. The van der Waals surface area contributed by atoms with Crippen molar-refractivity contribution < 1.29 is 5.11 Å². The number of halogens is 2. The third-order valence-corrected chi connectivity index (χ3v) is 2.44. The highest BCUT2D eigenvalue weighted by molar-refractivity contribution is 6.45. The molecule has 0 unspecified atom stereocenters.